The van der Waals surface area contributed by atoms with Crippen molar-refractivity contribution in [3.05, 3.63) is 30.1 Å². The number of anilines is 1. The van der Waals surface area contributed by atoms with E-state index < -0.39 is 0 Å². The van der Waals surface area contributed by atoms with Crippen LogP contribution in [0.2, 0.25) is 0 Å². The quantitative estimate of drug-likeness (QED) is 0.888. The van der Waals surface area contributed by atoms with E-state index in [1.54, 1.807) is 17.0 Å². The Hall–Kier alpha value is -1.46. The number of rotatable bonds is 3. The summed E-state index contributed by atoms with van der Waals surface area (Å²) in [5, 5.41) is 3.05. The van der Waals surface area contributed by atoms with Gasteiger partial charge in [-0.1, -0.05) is 6.07 Å². The summed E-state index contributed by atoms with van der Waals surface area (Å²) in [6, 6.07) is 6.03. The van der Waals surface area contributed by atoms with Gasteiger partial charge in [0.25, 0.3) is 0 Å². The molecule has 0 bridgehead atoms. The Balaban J connectivity index is 2.26. The number of halogens is 1. The van der Waals surface area contributed by atoms with Crippen LogP contribution in [0.3, 0.4) is 0 Å². The Morgan fingerprint density at radius 3 is 2.89 bits per heavy atom. The monoisotopic (exact) mass is 265 g/mol. The Morgan fingerprint density at radius 2 is 2.21 bits per heavy atom. The molecular weight excluding hydrogens is 245 g/mol. The number of benzene rings is 1. The summed E-state index contributed by atoms with van der Waals surface area (Å²) in [5.41, 5.74) is 0.640. The molecule has 1 atom stereocenters. The fraction of sp³-hybridized carbons (Fsp3) is 0.500. The van der Waals surface area contributed by atoms with E-state index in [2.05, 4.69) is 10.2 Å². The molecule has 1 aromatic carbocycles. The van der Waals surface area contributed by atoms with Crippen LogP contribution in [-0.2, 0) is 4.79 Å². The van der Waals surface area contributed by atoms with Crippen LogP contribution in [-0.4, -0.2) is 50.6 Å². The maximum atomic E-state index is 13.3. The Labute approximate surface area is 113 Å². The standard InChI is InChI=1S/C14H20FN3O/c1-16-10-13-14(19)18(8-4-7-17(13)2)12-6-3-5-11(15)9-12/h3,5-6,9,13,16H,4,7-8,10H2,1-2H3. The van der Waals surface area contributed by atoms with Crippen molar-refractivity contribution in [1.82, 2.24) is 10.2 Å². The van der Waals surface area contributed by atoms with Crippen molar-refractivity contribution >= 4 is 11.6 Å². The lowest BCUT2D eigenvalue weighted by Crippen LogP contribution is -2.49. The molecule has 1 saturated heterocycles. The molecule has 0 saturated carbocycles. The number of amides is 1. The van der Waals surface area contributed by atoms with Crippen molar-refractivity contribution in [2.24, 2.45) is 0 Å². The predicted molar refractivity (Wildman–Crippen MR) is 73.7 cm³/mol. The van der Waals surface area contributed by atoms with Gasteiger partial charge in [0.15, 0.2) is 0 Å². The topological polar surface area (TPSA) is 35.6 Å². The minimum Gasteiger partial charge on any atom is -0.318 e. The summed E-state index contributed by atoms with van der Waals surface area (Å²) in [6.45, 7) is 2.10. The van der Waals surface area contributed by atoms with Crippen molar-refractivity contribution in [3.8, 4) is 0 Å². The molecule has 0 aromatic heterocycles. The van der Waals surface area contributed by atoms with Crippen molar-refractivity contribution in [2.45, 2.75) is 12.5 Å². The number of nitrogens with zero attached hydrogens (tertiary/aromatic N) is 2. The average molecular weight is 265 g/mol. The largest absolute Gasteiger partial charge is 0.318 e. The van der Waals surface area contributed by atoms with Crippen molar-refractivity contribution < 1.29 is 9.18 Å². The van der Waals surface area contributed by atoms with Gasteiger partial charge in [-0.2, -0.15) is 0 Å². The minimum absolute atomic E-state index is 0.0277. The van der Waals surface area contributed by atoms with Crippen molar-refractivity contribution in [2.75, 3.05) is 38.6 Å². The fourth-order valence-electron chi connectivity index (χ4n) is 2.45. The maximum Gasteiger partial charge on any atom is 0.245 e. The van der Waals surface area contributed by atoms with Gasteiger partial charge in [-0.3, -0.25) is 9.69 Å². The van der Waals surface area contributed by atoms with Gasteiger partial charge in [0.1, 0.15) is 11.9 Å². The number of hydrogen-bond donors (Lipinski definition) is 1. The molecule has 104 valence electrons. The molecular formula is C14H20FN3O. The number of carbonyl (C=O) groups is 1. The first-order valence-electron chi connectivity index (χ1n) is 6.55. The normalized spacial score (nSPS) is 21.5. The van der Waals surface area contributed by atoms with E-state index in [0.29, 0.717) is 18.8 Å². The Bertz CT molecular complexity index is 452. The summed E-state index contributed by atoms with van der Waals surface area (Å²) in [6.07, 6.45) is 0.888. The number of carbonyl (C=O) groups excluding carboxylic acids is 1. The Morgan fingerprint density at radius 1 is 1.42 bits per heavy atom. The third-order valence-corrected chi connectivity index (χ3v) is 3.49. The molecule has 19 heavy (non-hydrogen) atoms. The lowest BCUT2D eigenvalue weighted by molar-refractivity contribution is -0.122. The molecule has 1 aromatic rings. The molecule has 4 nitrogen and oxygen atoms in total. The molecule has 1 amide bonds. The van der Waals surface area contributed by atoms with Gasteiger partial charge in [-0.05, 0) is 38.7 Å². The lowest BCUT2D eigenvalue weighted by Gasteiger charge is -2.28. The number of hydrogen-bond acceptors (Lipinski definition) is 3. The Kier molecular flexibility index (Phi) is 4.50. The number of likely N-dealkylation sites (N-methyl/N-ethyl adjacent to an activating group) is 2. The van der Waals surface area contributed by atoms with Gasteiger partial charge in [-0.15, -0.1) is 0 Å². The van der Waals surface area contributed by atoms with E-state index in [1.807, 2.05) is 14.1 Å². The first kappa shape index (κ1) is 14.0. The van der Waals surface area contributed by atoms with Crippen LogP contribution in [0.1, 0.15) is 6.42 Å². The zero-order chi connectivity index (χ0) is 13.8. The highest BCUT2D eigenvalue weighted by molar-refractivity contribution is 5.97. The van der Waals surface area contributed by atoms with Crippen LogP contribution in [0.5, 0.6) is 0 Å². The lowest BCUT2D eigenvalue weighted by atomic mass is 10.2. The molecule has 1 heterocycles. The van der Waals surface area contributed by atoms with Crippen molar-refractivity contribution in [1.29, 1.82) is 0 Å². The van der Waals surface area contributed by atoms with Gasteiger partial charge in [-0.25, -0.2) is 4.39 Å². The van der Waals surface area contributed by atoms with Crippen LogP contribution >= 0.6 is 0 Å². The van der Waals surface area contributed by atoms with Crippen LogP contribution in [0.15, 0.2) is 24.3 Å². The van der Waals surface area contributed by atoms with E-state index in [-0.39, 0.29) is 17.8 Å². The SMILES string of the molecule is CNCC1C(=O)N(c2cccc(F)c2)CCCN1C. The van der Waals surface area contributed by atoms with E-state index in [4.69, 9.17) is 0 Å². The molecule has 1 unspecified atom stereocenters. The van der Waals surface area contributed by atoms with Crippen LogP contribution in [0.4, 0.5) is 10.1 Å². The van der Waals surface area contributed by atoms with Gasteiger partial charge < -0.3 is 10.2 Å². The second-order valence-electron chi connectivity index (χ2n) is 4.88. The van der Waals surface area contributed by atoms with E-state index in [0.717, 1.165) is 13.0 Å². The highest BCUT2D eigenvalue weighted by Crippen LogP contribution is 2.20. The summed E-state index contributed by atoms with van der Waals surface area (Å²) >= 11 is 0. The molecule has 1 N–H and O–H groups in total. The summed E-state index contributed by atoms with van der Waals surface area (Å²) in [7, 11) is 3.79. The molecule has 0 aliphatic carbocycles. The third-order valence-electron chi connectivity index (χ3n) is 3.49. The van der Waals surface area contributed by atoms with Crippen LogP contribution in [0, 0.1) is 5.82 Å². The first-order valence-corrected chi connectivity index (χ1v) is 6.55. The molecule has 2 rings (SSSR count). The zero-order valence-corrected chi connectivity index (χ0v) is 11.4. The van der Waals surface area contributed by atoms with E-state index >= 15 is 0 Å². The predicted octanol–water partition coefficient (Wildman–Crippen LogP) is 1.08. The van der Waals surface area contributed by atoms with Gasteiger partial charge in [0, 0.05) is 25.3 Å². The highest BCUT2D eigenvalue weighted by atomic mass is 19.1. The number of nitrogens with one attached hydrogen (secondary N) is 1. The zero-order valence-electron chi connectivity index (χ0n) is 11.4. The average Bonchev–Trinajstić information content (AvgIpc) is 2.52. The molecule has 1 aliphatic heterocycles. The molecule has 5 heteroatoms. The third kappa shape index (κ3) is 3.11. The second kappa shape index (κ2) is 6.12. The maximum absolute atomic E-state index is 13.3. The minimum atomic E-state index is -0.312. The first-order chi connectivity index (χ1) is 9.13. The molecule has 0 radical (unpaired) electrons. The summed E-state index contributed by atoms with van der Waals surface area (Å²) < 4.78 is 13.3. The second-order valence-corrected chi connectivity index (χ2v) is 4.88. The van der Waals surface area contributed by atoms with Crippen molar-refractivity contribution in [3.63, 3.8) is 0 Å². The van der Waals surface area contributed by atoms with Gasteiger partial charge in [0.2, 0.25) is 5.91 Å². The van der Waals surface area contributed by atoms with E-state index in [1.165, 1.54) is 12.1 Å². The van der Waals surface area contributed by atoms with E-state index in [9.17, 15) is 9.18 Å². The summed E-state index contributed by atoms with van der Waals surface area (Å²) in [5.74, 6) is -0.284. The summed E-state index contributed by atoms with van der Waals surface area (Å²) in [4.78, 5) is 16.3. The van der Waals surface area contributed by atoms with Crippen LogP contribution in [0.25, 0.3) is 0 Å². The fourth-order valence-corrected chi connectivity index (χ4v) is 2.45. The van der Waals surface area contributed by atoms with Gasteiger partial charge >= 0.3 is 0 Å². The molecule has 0 spiro atoms. The molecule has 1 aliphatic rings. The highest BCUT2D eigenvalue weighted by Gasteiger charge is 2.30. The smallest absolute Gasteiger partial charge is 0.245 e. The van der Waals surface area contributed by atoms with Crippen LogP contribution < -0.4 is 10.2 Å². The van der Waals surface area contributed by atoms with Gasteiger partial charge in [0.05, 0.1) is 0 Å². The molecule has 1 fully saturated rings.